The number of pyridine rings is 1. The van der Waals surface area contributed by atoms with Crippen LogP contribution >= 0.6 is 0 Å². The second-order valence-electron chi connectivity index (χ2n) is 5.27. The normalized spacial score (nSPS) is 13.8. The molecule has 0 radical (unpaired) electrons. The van der Waals surface area contributed by atoms with Crippen LogP contribution in [0.15, 0.2) is 18.3 Å². The van der Waals surface area contributed by atoms with Gasteiger partial charge in [-0.15, -0.1) is 0 Å². The highest BCUT2D eigenvalue weighted by molar-refractivity contribution is 5.89. The summed E-state index contributed by atoms with van der Waals surface area (Å²) in [5, 5.41) is 13.7. The van der Waals surface area contributed by atoms with Crippen LogP contribution in [-0.2, 0) is 9.53 Å². The summed E-state index contributed by atoms with van der Waals surface area (Å²) in [6, 6.07) is 2.97. The summed E-state index contributed by atoms with van der Waals surface area (Å²) in [4.78, 5) is 39.6. The molecule has 1 aliphatic heterocycles. The van der Waals surface area contributed by atoms with E-state index in [1.54, 1.807) is 19.1 Å². The molecule has 0 saturated carbocycles. The summed E-state index contributed by atoms with van der Waals surface area (Å²) in [7, 11) is 0. The quantitative estimate of drug-likeness (QED) is 0.609. The number of carboxylic acids is 1. The van der Waals surface area contributed by atoms with Gasteiger partial charge >= 0.3 is 18.0 Å². The van der Waals surface area contributed by atoms with Crippen molar-refractivity contribution in [3.05, 3.63) is 23.9 Å². The summed E-state index contributed by atoms with van der Waals surface area (Å²) >= 11 is 0. The first-order valence-electron chi connectivity index (χ1n) is 7.64. The zero-order chi connectivity index (χ0) is 17.5. The Labute approximate surface area is 139 Å². The van der Waals surface area contributed by atoms with Gasteiger partial charge in [0, 0.05) is 25.8 Å². The Morgan fingerprint density at radius 1 is 1.38 bits per heavy atom. The van der Waals surface area contributed by atoms with Gasteiger partial charge in [0.2, 0.25) is 0 Å². The number of urea groups is 1. The van der Waals surface area contributed by atoms with Crippen molar-refractivity contribution in [2.75, 3.05) is 31.1 Å². The van der Waals surface area contributed by atoms with Gasteiger partial charge in [-0.3, -0.25) is 4.79 Å². The third-order valence-electron chi connectivity index (χ3n) is 3.42. The van der Waals surface area contributed by atoms with E-state index in [2.05, 4.69) is 15.6 Å². The lowest BCUT2D eigenvalue weighted by Crippen LogP contribution is -2.61. The number of aromatic nitrogens is 1. The van der Waals surface area contributed by atoms with Gasteiger partial charge in [-0.05, 0) is 19.1 Å². The number of nitrogens with zero attached hydrogens (tertiary/aromatic N) is 2. The first-order chi connectivity index (χ1) is 11.5. The Balaban J connectivity index is 1.73. The molecule has 0 aromatic carbocycles. The maximum absolute atomic E-state index is 11.6. The molecule has 0 aliphatic carbocycles. The van der Waals surface area contributed by atoms with Gasteiger partial charge in [0.15, 0.2) is 0 Å². The molecule has 24 heavy (non-hydrogen) atoms. The van der Waals surface area contributed by atoms with Crippen molar-refractivity contribution in [2.45, 2.75) is 19.4 Å². The van der Waals surface area contributed by atoms with Crippen molar-refractivity contribution in [1.29, 1.82) is 0 Å². The van der Waals surface area contributed by atoms with Crippen molar-refractivity contribution in [3.63, 3.8) is 0 Å². The van der Waals surface area contributed by atoms with E-state index >= 15 is 0 Å². The van der Waals surface area contributed by atoms with E-state index in [0.29, 0.717) is 31.1 Å². The summed E-state index contributed by atoms with van der Waals surface area (Å²) < 4.78 is 4.89. The zero-order valence-corrected chi connectivity index (χ0v) is 13.3. The summed E-state index contributed by atoms with van der Waals surface area (Å²) in [6.45, 7) is 3.34. The summed E-state index contributed by atoms with van der Waals surface area (Å²) in [5.41, 5.74) is 0.397. The number of aliphatic carboxylic acids is 1. The Kier molecular flexibility index (Phi) is 5.94. The zero-order valence-electron chi connectivity index (χ0n) is 13.3. The van der Waals surface area contributed by atoms with Crippen LogP contribution in [0.25, 0.3) is 0 Å². The smallest absolute Gasteiger partial charge is 0.339 e. The topological polar surface area (TPSA) is 121 Å². The standard InChI is InChI=1S/C15H20N4O5/c1-2-24-14(22)10-3-4-12(17-7-10)19-8-11(9-19)18-15(23)16-6-5-13(20)21/h3-4,7,11H,2,5-6,8-9H2,1H3,(H,20,21)(H2,16,18,23). The predicted octanol–water partition coefficient (Wildman–Crippen LogP) is 0.221. The Morgan fingerprint density at radius 2 is 2.12 bits per heavy atom. The lowest BCUT2D eigenvalue weighted by molar-refractivity contribution is -0.136. The molecule has 0 unspecified atom stereocenters. The number of hydrogen-bond acceptors (Lipinski definition) is 6. The highest BCUT2D eigenvalue weighted by Crippen LogP contribution is 2.18. The molecule has 130 valence electrons. The minimum atomic E-state index is -0.956. The highest BCUT2D eigenvalue weighted by atomic mass is 16.5. The molecule has 9 heteroatoms. The van der Waals surface area contributed by atoms with Crippen molar-refractivity contribution in [3.8, 4) is 0 Å². The van der Waals surface area contributed by atoms with Gasteiger partial charge in [-0.1, -0.05) is 0 Å². The lowest BCUT2D eigenvalue weighted by Gasteiger charge is -2.40. The molecule has 0 spiro atoms. The van der Waals surface area contributed by atoms with Crippen molar-refractivity contribution in [1.82, 2.24) is 15.6 Å². The van der Waals surface area contributed by atoms with E-state index in [0.717, 1.165) is 0 Å². The number of hydrogen-bond donors (Lipinski definition) is 3. The summed E-state index contributed by atoms with van der Waals surface area (Å²) in [6.07, 6.45) is 1.35. The number of amides is 2. The van der Waals surface area contributed by atoms with E-state index in [1.165, 1.54) is 6.20 Å². The molecule has 1 aromatic heterocycles. The van der Waals surface area contributed by atoms with Crippen LogP contribution in [0.2, 0.25) is 0 Å². The van der Waals surface area contributed by atoms with Gasteiger partial charge in [-0.25, -0.2) is 14.6 Å². The number of ether oxygens (including phenoxy) is 1. The van der Waals surface area contributed by atoms with E-state index < -0.39 is 11.9 Å². The van der Waals surface area contributed by atoms with Crippen LogP contribution in [0.5, 0.6) is 0 Å². The Morgan fingerprint density at radius 3 is 2.71 bits per heavy atom. The molecule has 9 nitrogen and oxygen atoms in total. The van der Waals surface area contributed by atoms with E-state index in [1.807, 2.05) is 4.90 Å². The van der Waals surface area contributed by atoms with Crippen LogP contribution in [0.4, 0.5) is 10.6 Å². The maximum atomic E-state index is 11.6. The Bertz CT molecular complexity index is 598. The maximum Gasteiger partial charge on any atom is 0.339 e. The second-order valence-corrected chi connectivity index (χ2v) is 5.27. The monoisotopic (exact) mass is 336 g/mol. The molecule has 2 amide bonds. The van der Waals surface area contributed by atoms with Crippen LogP contribution in [-0.4, -0.2) is 60.3 Å². The lowest BCUT2D eigenvalue weighted by atomic mass is 10.1. The second kappa shape index (κ2) is 8.14. The van der Waals surface area contributed by atoms with Crippen LogP contribution < -0.4 is 15.5 Å². The first kappa shape index (κ1) is 17.5. The summed E-state index contributed by atoms with van der Waals surface area (Å²) in [5.74, 6) is -0.646. The average molecular weight is 336 g/mol. The van der Waals surface area contributed by atoms with Crippen LogP contribution in [0.3, 0.4) is 0 Å². The number of carboxylic acid groups (broad SMARTS) is 1. The fourth-order valence-corrected chi connectivity index (χ4v) is 2.18. The first-order valence-corrected chi connectivity index (χ1v) is 7.64. The van der Waals surface area contributed by atoms with E-state index in [9.17, 15) is 14.4 Å². The highest BCUT2D eigenvalue weighted by Gasteiger charge is 2.29. The number of carbonyl (C=O) groups is 3. The number of rotatable bonds is 7. The fourth-order valence-electron chi connectivity index (χ4n) is 2.18. The molecular weight excluding hydrogens is 316 g/mol. The molecule has 1 aromatic rings. The molecule has 1 aliphatic rings. The number of carbonyl (C=O) groups excluding carboxylic acids is 2. The number of anilines is 1. The van der Waals surface area contributed by atoms with Gasteiger partial charge in [0.25, 0.3) is 0 Å². The molecule has 1 fully saturated rings. The van der Waals surface area contributed by atoms with Crippen molar-refractivity contribution >= 4 is 23.8 Å². The third-order valence-corrected chi connectivity index (χ3v) is 3.42. The van der Waals surface area contributed by atoms with E-state index in [4.69, 9.17) is 9.84 Å². The van der Waals surface area contributed by atoms with Crippen molar-refractivity contribution < 1.29 is 24.2 Å². The number of nitrogens with one attached hydrogen (secondary N) is 2. The predicted molar refractivity (Wildman–Crippen MR) is 85.0 cm³/mol. The van der Waals surface area contributed by atoms with E-state index in [-0.39, 0.29) is 25.0 Å². The fraction of sp³-hybridized carbons (Fsp3) is 0.467. The average Bonchev–Trinajstić information content (AvgIpc) is 2.50. The molecule has 0 bridgehead atoms. The van der Waals surface area contributed by atoms with Crippen molar-refractivity contribution in [2.24, 2.45) is 0 Å². The van der Waals surface area contributed by atoms with Gasteiger partial charge in [-0.2, -0.15) is 0 Å². The Hall–Kier alpha value is -2.84. The van der Waals surface area contributed by atoms with Crippen LogP contribution in [0, 0.1) is 0 Å². The SMILES string of the molecule is CCOC(=O)c1ccc(N2CC(NC(=O)NCCC(=O)O)C2)nc1. The molecule has 2 rings (SSSR count). The molecule has 0 atom stereocenters. The van der Waals surface area contributed by atoms with Crippen LogP contribution in [0.1, 0.15) is 23.7 Å². The van der Waals surface area contributed by atoms with Gasteiger partial charge < -0.3 is 25.4 Å². The molecule has 1 saturated heterocycles. The largest absolute Gasteiger partial charge is 0.481 e. The molecule has 2 heterocycles. The molecule has 3 N–H and O–H groups in total. The number of esters is 1. The third kappa shape index (κ3) is 4.83. The molecular formula is C15H20N4O5. The van der Waals surface area contributed by atoms with Gasteiger partial charge in [0.1, 0.15) is 5.82 Å². The van der Waals surface area contributed by atoms with Gasteiger partial charge in [0.05, 0.1) is 24.6 Å². The minimum absolute atomic E-state index is 0.0265. The minimum Gasteiger partial charge on any atom is -0.481 e.